The van der Waals surface area contributed by atoms with Crippen molar-refractivity contribution in [2.45, 2.75) is 44.1 Å². The van der Waals surface area contributed by atoms with Gasteiger partial charge in [-0.3, -0.25) is 0 Å². The van der Waals surface area contributed by atoms with Crippen LogP contribution in [0, 0.1) is 12.8 Å². The van der Waals surface area contributed by atoms with Crippen molar-refractivity contribution in [2.24, 2.45) is 5.92 Å². The van der Waals surface area contributed by atoms with E-state index in [4.69, 9.17) is 0 Å². The first-order valence-electron chi connectivity index (χ1n) is 5.95. The molecule has 0 spiro atoms. The van der Waals surface area contributed by atoms with Gasteiger partial charge in [-0.05, 0) is 19.8 Å². The molecule has 0 aliphatic carbocycles. The second-order valence-electron chi connectivity index (χ2n) is 4.52. The van der Waals surface area contributed by atoms with E-state index in [-0.39, 0.29) is 9.85 Å². The van der Waals surface area contributed by atoms with Crippen molar-refractivity contribution in [1.29, 1.82) is 0 Å². The minimum absolute atomic E-state index is 0.0882. The van der Waals surface area contributed by atoms with Gasteiger partial charge >= 0.3 is 0 Å². The number of hydrogen-bond donors (Lipinski definition) is 1. The zero-order valence-corrected chi connectivity index (χ0v) is 13.5. The maximum absolute atomic E-state index is 12.0. The maximum Gasteiger partial charge on any atom is 0.259 e. The van der Waals surface area contributed by atoms with E-state index in [0.717, 1.165) is 0 Å². The molecule has 18 heavy (non-hydrogen) atoms. The topological polar surface area (TPSA) is 64.0 Å². The molecule has 5 nitrogen and oxygen atoms in total. The van der Waals surface area contributed by atoms with Gasteiger partial charge in [0.05, 0.1) is 0 Å². The van der Waals surface area contributed by atoms with Crippen LogP contribution in [0.4, 0.5) is 0 Å². The molecule has 1 unspecified atom stereocenters. The summed E-state index contributed by atoms with van der Waals surface area (Å²) in [6.45, 7) is 8.88. The van der Waals surface area contributed by atoms with Crippen molar-refractivity contribution in [2.75, 3.05) is 6.54 Å². The lowest BCUT2D eigenvalue weighted by molar-refractivity contribution is 0.560. The van der Waals surface area contributed by atoms with Gasteiger partial charge < -0.3 is 4.57 Å². The van der Waals surface area contributed by atoms with E-state index in [1.54, 1.807) is 13.1 Å². The van der Waals surface area contributed by atoms with Crippen LogP contribution in [0.1, 0.15) is 26.6 Å². The fourth-order valence-electron chi connectivity index (χ4n) is 1.43. The molecule has 0 aromatic carbocycles. The minimum atomic E-state index is -3.51. The summed E-state index contributed by atoms with van der Waals surface area (Å²) in [5.41, 5.74) is 0. The standard InChI is InChI=1S/C11H20BrN3O2S/c1-5-15-7-11(14-9(15)4)18(16,17)13-6-10(12)8(2)3/h7-8,10,13H,5-6H2,1-4H3. The third-order valence-corrected chi connectivity index (χ3v) is 5.44. The molecular weight excluding hydrogens is 318 g/mol. The average Bonchev–Trinajstić information content (AvgIpc) is 2.68. The number of aromatic nitrogens is 2. The van der Waals surface area contributed by atoms with E-state index in [1.807, 2.05) is 25.3 Å². The number of alkyl halides is 1. The normalized spacial score (nSPS) is 14.1. The van der Waals surface area contributed by atoms with E-state index >= 15 is 0 Å². The van der Waals surface area contributed by atoms with Crippen LogP contribution in [0.2, 0.25) is 0 Å². The molecular formula is C11H20BrN3O2S. The highest BCUT2D eigenvalue weighted by molar-refractivity contribution is 9.09. The molecule has 0 amide bonds. The third kappa shape index (κ3) is 3.80. The van der Waals surface area contributed by atoms with E-state index in [1.165, 1.54) is 0 Å². The monoisotopic (exact) mass is 337 g/mol. The van der Waals surface area contributed by atoms with Crippen LogP contribution in [0.25, 0.3) is 0 Å². The second-order valence-corrected chi connectivity index (χ2v) is 7.41. The molecule has 1 atom stereocenters. The maximum atomic E-state index is 12.0. The quantitative estimate of drug-likeness (QED) is 0.806. The number of nitrogens with zero attached hydrogens (tertiary/aromatic N) is 2. The smallest absolute Gasteiger partial charge is 0.259 e. The Morgan fingerprint density at radius 1 is 1.50 bits per heavy atom. The van der Waals surface area contributed by atoms with Crippen molar-refractivity contribution in [1.82, 2.24) is 14.3 Å². The van der Waals surface area contributed by atoms with Crippen LogP contribution < -0.4 is 4.72 Å². The van der Waals surface area contributed by atoms with Gasteiger partial charge in [-0.2, -0.15) is 0 Å². The van der Waals surface area contributed by atoms with Gasteiger partial charge in [-0.15, -0.1) is 0 Å². The van der Waals surface area contributed by atoms with Gasteiger partial charge in [-0.1, -0.05) is 29.8 Å². The predicted molar refractivity (Wildman–Crippen MR) is 75.4 cm³/mol. The summed E-state index contributed by atoms with van der Waals surface area (Å²) in [5.74, 6) is 1.07. The summed E-state index contributed by atoms with van der Waals surface area (Å²) < 4.78 is 28.4. The Bertz CT molecular complexity index is 496. The number of aryl methyl sites for hydroxylation is 2. The fraction of sp³-hybridized carbons (Fsp3) is 0.727. The molecule has 1 rings (SSSR count). The summed E-state index contributed by atoms with van der Waals surface area (Å²) in [4.78, 5) is 4.19. The number of halogens is 1. The van der Waals surface area contributed by atoms with Crippen LogP contribution in [0.3, 0.4) is 0 Å². The van der Waals surface area contributed by atoms with Crippen LogP contribution in [-0.2, 0) is 16.6 Å². The Balaban J connectivity index is 2.80. The van der Waals surface area contributed by atoms with Crippen LogP contribution >= 0.6 is 15.9 Å². The number of hydrogen-bond acceptors (Lipinski definition) is 3. The summed E-state index contributed by atoms with van der Waals surface area (Å²) in [5, 5.41) is 0.0882. The molecule has 7 heteroatoms. The van der Waals surface area contributed by atoms with Crippen molar-refractivity contribution in [3.05, 3.63) is 12.0 Å². The van der Waals surface area contributed by atoms with Crippen molar-refractivity contribution >= 4 is 26.0 Å². The van der Waals surface area contributed by atoms with Gasteiger partial charge in [-0.25, -0.2) is 18.1 Å². The molecule has 0 aliphatic heterocycles. The van der Waals surface area contributed by atoms with E-state index < -0.39 is 10.0 Å². The molecule has 1 heterocycles. The molecule has 0 fully saturated rings. The number of nitrogens with one attached hydrogen (secondary N) is 1. The Morgan fingerprint density at radius 2 is 2.11 bits per heavy atom. The average molecular weight is 338 g/mol. The minimum Gasteiger partial charge on any atom is -0.334 e. The van der Waals surface area contributed by atoms with Crippen molar-refractivity contribution in [3.63, 3.8) is 0 Å². The van der Waals surface area contributed by atoms with Crippen LogP contribution in [0.5, 0.6) is 0 Å². The molecule has 0 aliphatic rings. The molecule has 0 bridgehead atoms. The van der Waals surface area contributed by atoms with Gasteiger partial charge in [0.2, 0.25) is 0 Å². The number of sulfonamides is 1. The zero-order valence-electron chi connectivity index (χ0n) is 11.1. The van der Waals surface area contributed by atoms with Crippen LogP contribution in [0.15, 0.2) is 11.2 Å². The van der Waals surface area contributed by atoms with E-state index in [9.17, 15) is 8.42 Å². The first-order valence-corrected chi connectivity index (χ1v) is 8.35. The summed E-state index contributed by atoms with van der Waals surface area (Å²) in [7, 11) is -3.51. The highest BCUT2D eigenvalue weighted by Crippen LogP contribution is 2.13. The second kappa shape index (κ2) is 6.16. The Hall–Kier alpha value is -0.400. The van der Waals surface area contributed by atoms with Crippen LogP contribution in [-0.4, -0.2) is 29.3 Å². The number of imidazole rings is 1. The van der Waals surface area contributed by atoms with Crippen molar-refractivity contribution < 1.29 is 8.42 Å². The van der Waals surface area contributed by atoms with Crippen molar-refractivity contribution in [3.8, 4) is 0 Å². The molecule has 0 saturated carbocycles. The lowest BCUT2D eigenvalue weighted by Gasteiger charge is -2.13. The molecule has 104 valence electrons. The Kier molecular flexibility index (Phi) is 5.36. The Labute approximate surface area is 117 Å². The molecule has 1 N–H and O–H groups in total. The molecule has 1 aromatic rings. The lowest BCUT2D eigenvalue weighted by Crippen LogP contribution is -2.32. The predicted octanol–water partition coefficient (Wildman–Crippen LogP) is 1.91. The summed E-state index contributed by atoms with van der Waals surface area (Å²) in [6, 6.07) is 0. The van der Waals surface area contributed by atoms with E-state index in [0.29, 0.717) is 24.8 Å². The summed E-state index contributed by atoms with van der Waals surface area (Å²) in [6.07, 6.45) is 1.57. The SMILES string of the molecule is CCn1cc(S(=O)(=O)NCC(Br)C(C)C)nc1C. The van der Waals surface area contributed by atoms with Gasteiger partial charge in [0.1, 0.15) is 5.82 Å². The van der Waals surface area contributed by atoms with E-state index in [2.05, 4.69) is 25.6 Å². The number of rotatable bonds is 6. The first-order chi connectivity index (χ1) is 8.27. The molecule has 0 radical (unpaired) electrons. The van der Waals surface area contributed by atoms with Gasteiger partial charge in [0, 0.05) is 24.1 Å². The Morgan fingerprint density at radius 3 is 2.56 bits per heavy atom. The third-order valence-electron chi connectivity index (χ3n) is 2.76. The first kappa shape index (κ1) is 15.7. The highest BCUT2D eigenvalue weighted by atomic mass is 79.9. The molecule has 0 saturated heterocycles. The fourth-order valence-corrected chi connectivity index (χ4v) is 2.87. The largest absolute Gasteiger partial charge is 0.334 e. The highest BCUT2D eigenvalue weighted by Gasteiger charge is 2.20. The zero-order chi connectivity index (χ0) is 13.9. The lowest BCUT2D eigenvalue weighted by atomic mass is 10.1. The van der Waals surface area contributed by atoms with Gasteiger partial charge in [0.15, 0.2) is 5.03 Å². The van der Waals surface area contributed by atoms with Gasteiger partial charge in [0.25, 0.3) is 10.0 Å². The summed E-state index contributed by atoms with van der Waals surface area (Å²) >= 11 is 3.45. The molecule has 1 aromatic heterocycles.